The van der Waals surface area contributed by atoms with Crippen molar-refractivity contribution in [2.24, 2.45) is 5.10 Å². The molecule has 0 radical (unpaired) electrons. The number of hydrogen-bond donors (Lipinski definition) is 1. The largest absolute Gasteiger partial charge is 0.497 e. The summed E-state index contributed by atoms with van der Waals surface area (Å²) in [6, 6.07) is 14.7. The van der Waals surface area contributed by atoms with Gasteiger partial charge in [-0.3, -0.25) is 4.79 Å². The fourth-order valence-corrected chi connectivity index (χ4v) is 2.48. The molecule has 0 aliphatic carbocycles. The molecule has 2 aromatic carbocycles. The molecule has 0 saturated heterocycles. The number of carbonyl (C=O) groups excluding carboxylic acids is 1. The van der Waals surface area contributed by atoms with Crippen LogP contribution in [0, 0.1) is 0 Å². The number of aromatic nitrogens is 2. The van der Waals surface area contributed by atoms with E-state index in [9.17, 15) is 4.79 Å². The first kappa shape index (κ1) is 15.7. The molecule has 0 bridgehead atoms. The van der Waals surface area contributed by atoms with Gasteiger partial charge < -0.3 is 9.30 Å². The quantitative estimate of drug-likeness (QED) is 0.580. The van der Waals surface area contributed by atoms with Crippen molar-refractivity contribution < 1.29 is 9.53 Å². The summed E-state index contributed by atoms with van der Waals surface area (Å²) in [4.78, 5) is 16.6. The predicted molar refractivity (Wildman–Crippen MR) is 93.5 cm³/mol. The zero-order valence-electron chi connectivity index (χ0n) is 13.6. The first-order valence-corrected chi connectivity index (χ1v) is 7.65. The van der Waals surface area contributed by atoms with Gasteiger partial charge in [0, 0.05) is 12.1 Å². The van der Waals surface area contributed by atoms with Crippen molar-refractivity contribution in [2.75, 3.05) is 7.11 Å². The topological polar surface area (TPSA) is 68.5 Å². The number of aryl methyl sites for hydroxylation is 1. The Morgan fingerprint density at radius 1 is 1.25 bits per heavy atom. The predicted octanol–water partition coefficient (Wildman–Crippen LogP) is 2.83. The van der Waals surface area contributed by atoms with E-state index in [-0.39, 0.29) is 5.91 Å². The van der Waals surface area contributed by atoms with Gasteiger partial charge in [-0.2, -0.15) is 5.10 Å². The van der Waals surface area contributed by atoms with Gasteiger partial charge in [-0.25, -0.2) is 10.4 Å². The zero-order chi connectivity index (χ0) is 16.9. The summed E-state index contributed by atoms with van der Waals surface area (Å²) in [5, 5.41) is 4.03. The highest BCUT2D eigenvalue weighted by molar-refractivity contribution is 5.95. The Bertz CT molecular complexity index is 882. The van der Waals surface area contributed by atoms with Crippen molar-refractivity contribution in [1.29, 1.82) is 0 Å². The third kappa shape index (κ3) is 3.12. The fraction of sp³-hybridized carbons (Fsp3) is 0.167. The first-order chi connectivity index (χ1) is 11.7. The molecule has 1 heterocycles. The summed E-state index contributed by atoms with van der Waals surface area (Å²) < 4.78 is 7.11. The molecule has 1 N–H and O–H groups in total. The lowest BCUT2D eigenvalue weighted by molar-refractivity contribution is 0.0955. The number of imidazole rings is 1. The number of carbonyl (C=O) groups is 1. The van der Waals surface area contributed by atoms with Gasteiger partial charge in [0.25, 0.3) is 5.91 Å². The number of ether oxygens (including phenoxy) is 1. The highest BCUT2D eigenvalue weighted by atomic mass is 16.5. The number of hydrazone groups is 1. The third-order valence-electron chi connectivity index (χ3n) is 3.70. The Labute approximate surface area is 139 Å². The molecule has 0 saturated carbocycles. The number of nitrogens with one attached hydrogen (secondary N) is 1. The smallest absolute Gasteiger partial charge is 0.271 e. The van der Waals surface area contributed by atoms with Gasteiger partial charge in [0.1, 0.15) is 5.75 Å². The third-order valence-corrected chi connectivity index (χ3v) is 3.70. The Morgan fingerprint density at radius 2 is 2.00 bits per heavy atom. The lowest BCUT2D eigenvalue weighted by atomic mass is 10.2. The molecular weight excluding hydrogens is 304 g/mol. The summed E-state index contributed by atoms with van der Waals surface area (Å²) >= 11 is 0. The van der Waals surface area contributed by atoms with Crippen molar-refractivity contribution in [3.05, 3.63) is 59.9 Å². The van der Waals surface area contributed by atoms with E-state index < -0.39 is 0 Å². The number of nitrogens with zero attached hydrogens (tertiary/aromatic N) is 3. The Hall–Kier alpha value is -3.15. The van der Waals surface area contributed by atoms with E-state index in [0.717, 1.165) is 17.6 Å². The number of amides is 1. The number of benzene rings is 2. The Balaban J connectivity index is 1.75. The van der Waals surface area contributed by atoms with Crippen molar-refractivity contribution in [3.63, 3.8) is 0 Å². The van der Waals surface area contributed by atoms with Gasteiger partial charge in [-0.15, -0.1) is 0 Å². The summed E-state index contributed by atoms with van der Waals surface area (Å²) in [5.41, 5.74) is 4.98. The molecule has 0 atom stereocenters. The highest BCUT2D eigenvalue weighted by Crippen LogP contribution is 2.14. The minimum absolute atomic E-state index is 0.284. The van der Waals surface area contributed by atoms with Crippen LogP contribution >= 0.6 is 0 Å². The van der Waals surface area contributed by atoms with E-state index in [4.69, 9.17) is 4.74 Å². The maximum Gasteiger partial charge on any atom is 0.271 e. The van der Waals surface area contributed by atoms with Crippen LogP contribution in [0.15, 0.2) is 53.6 Å². The van der Waals surface area contributed by atoms with E-state index in [0.29, 0.717) is 17.1 Å². The number of methoxy groups -OCH3 is 1. The molecule has 24 heavy (non-hydrogen) atoms. The maximum atomic E-state index is 12.1. The monoisotopic (exact) mass is 322 g/mol. The van der Waals surface area contributed by atoms with Crippen LogP contribution in [0.3, 0.4) is 0 Å². The second-order valence-electron chi connectivity index (χ2n) is 5.13. The van der Waals surface area contributed by atoms with E-state index in [1.54, 1.807) is 37.6 Å². The van der Waals surface area contributed by atoms with Crippen LogP contribution in [0.1, 0.15) is 23.1 Å². The highest BCUT2D eigenvalue weighted by Gasteiger charge is 2.07. The van der Waals surface area contributed by atoms with Crippen LogP contribution in [0.4, 0.5) is 0 Å². The molecule has 1 aromatic heterocycles. The summed E-state index contributed by atoms with van der Waals surface area (Å²) in [6.07, 6.45) is 1.56. The van der Waals surface area contributed by atoms with Crippen LogP contribution in [0.2, 0.25) is 0 Å². The molecule has 122 valence electrons. The molecule has 1 amide bonds. The van der Waals surface area contributed by atoms with E-state index >= 15 is 0 Å². The average Bonchev–Trinajstić information content (AvgIpc) is 2.99. The second kappa shape index (κ2) is 6.95. The SMILES string of the molecule is CCn1c(/C=N/NC(=O)c2ccc(OC)cc2)nc2ccccc21. The zero-order valence-corrected chi connectivity index (χ0v) is 13.6. The molecular formula is C18H18N4O2. The van der Waals surface area contributed by atoms with Crippen LogP contribution in [-0.2, 0) is 6.54 Å². The lowest BCUT2D eigenvalue weighted by Crippen LogP contribution is -2.18. The molecule has 0 spiro atoms. The van der Waals surface area contributed by atoms with Gasteiger partial charge in [0.05, 0.1) is 24.4 Å². The van der Waals surface area contributed by atoms with Crippen molar-refractivity contribution in [2.45, 2.75) is 13.5 Å². The summed E-state index contributed by atoms with van der Waals surface area (Å²) in [5.74, 6) is 1.12. The van der Waals surface area contributed by atoms with Crippen molar-refractivity contribution in [3.8, 4) is 5.75 Å². The fourth-order valence-electron chi connectivity index (χ4n) is 2.48. The number of hydrogen-bond acceptors (Lipinski definition) is 4. The molecule has 3 rings (SSSR count). The van der Waals surface area contributed by atoms with Gasteiger partial charge in [-0.05, 0) is 43.3 Å². The van der Waals surface area contributed by atoms with Crippen LogP contribution in [-0.4, -0.2) is 28.8 Å². The first-order valence-electron chi connectivity index (χ1n) is 7.65. The Morgan fingerprint density at radius 3 is 2.71 bits per heavy atom. The van der Waals surface area contributed by atoms with Crippen LogP contribution in [0.5, 0.6) is 5.75 Å². The molecule has 0 aliphatic heterocycles. The molecule has 3 aromatic rings. The molecule has 0 fully saturated rings. The molecule has 0 aliphatic rings. The molecule has 6 nitrogen and oxygen atoms in total. The van der Waals surface area contributed by atoms with Gasteiger partial charge in [-0.1, -0.05) is 12.1 Å². The molecule has 6 heteroatoms. The van der Waals surface area contributed by atoms with E-state index in [1.807, 2.05) is 35.8 Å². The maximum absolute atomic E-state index is 12.1. The summed E-state index contributed by atoms with van der Waals surface area (Å²) in [7, 11) is 1.58. The average molecular weight is 322 g/mol. The van der Waals surface area contributed by atoms with Crippen molar-refractivity contribution >= 4 is 23.2 Å². The van der Waals surface area contributed by atoms with Crippen LogP contribution in [0.25, 0.3) is 11.0 Å². The van der Waals surface area contributed by atoms with Gasteiger partial charge in [0.2, 0.25) is 0 Å². The molecule has 0 unspecified atom stereocenters. The van der Waals surface area contributed by atoms with Gasteiger partial charge >= 0.3 is 0 Å². The van der Waals surface area contributed by atoms with Crippen molar-refractivity contribution in [1.82, 2.24) is 15.0 Å². The minimum Gasteiger partial charge on any atom is -0.497 e. The van der Waals surface area contributed by atoms with Gasteiger partial charge in [0.15, 0.2) is 5.82 Å². The Kier molecular flexibility index (Phi) is 4.56. The van der Waals surface area contributed by atoms with E-state index in [2.05, 4.69) is 15.5 Å². The number of rotatable bonds is 5. The van der Waals surface area contributed by atoms with E-state index in [1.165, 1.54) is 0 Å². The minimum atomic E-state index is -0.284. The summed E-state index contributed by atoms with van der Waals surface area (Å²) in [6.45, 7) is 2.82. The lowest BCUT2D eigenvalue weighted by Gasteiger charge is -2.03. The standard InChI is InChI=1S/C18H18N4O2/c1-3-22-16-7-5-4-6-15(16)20-17(22)12-19-21-18(23)13-8-10-14(24-2)11-9-13/h4-12H,3H2,1-2H3,(H,21,23)/b19-12+. The second-order valence-corrected chi connectivity index (χ2v) is 5.13. The number of fused-ring (bicyclic) bond motifs is 1. The van der Waals surface area contributed by atoms with Crippen LogP contribution < -0.4 is 10.2 Å². The number of para-hydroxylation sites is 2. The normalized spacial score (nSPS) is 11.1.